The highest BCUT2D eigenvalue weighted by Gasteiger charge is 2.28. The van der Waals surface area contributed by atoms with Gasteiger partial charge in [0.05, 0.1) is 49.5 Å². The first-order valence-corrected chi connectivity index (χ1v) is 11.6. The zero-order valence-electron chi connectivity index (χ0n) is 18.8. The molecule has 0 atom stereocenters. The fourth-order valence-corrected chi connectivity index (χ4v) is 4.99. The molecule has 0 unspecified atom stereocenters. The van der Waals surface area contributed by atoms with Crippen molar-refractivity contribution in [1.82, 2.24) is 9.97 Å². The molecule has 1 heterocycles. The van der Waals surface area contributed by atoms with Gasteiger partial charge in [0.15, 0.2) is 11.5 Å². The Morgan fingerprint density at radius 2 is 1.55 bits per heavy atom. The summed E-state index contributed by atoms with van der Waals surface area (Å²) in [6.45, 7) is 1.88. The lowest BCUT2D eigenvalue weighted by Gasteiger charge is -2.25. The van der Waals surface area contributed by atoms with E-state index in [4.69, 9.17) is 14.2 Å². The van der Waals surface area contributed by atoms with E-state index in [9.17, 15) is 8.42 Å². The van der Waals surface area contributed by atoms with Crippen molar-refractivity contribution in [1.29, 1.82) is 0 Å². The van der Waals surface area contributed by atoms with Crippen molar-refractivity contribution in [2.75, 3.05) is 25.6 Å². The van der Waals surface area contributed by atoms with Gasteiger partial charge in [-0.3, -0.25) is 4.31 Å². The maximum Gasteiger partial charge on any atom is 0.264 e. The fraction of sp³-hybridized carbons (Fsp3) is 0.208. The van der Waals surface area contributed by atoms with Crippen LogP contribution in [-0.4, -0.2) is 39.7 Å². The van der Waals surface area contributed by atoms with E-state index in [1.807, 2.05) is 31.2 Å². The second-order valence-electron chi connectivity index (χ2n) is 7.41. The molecule has 0 radical (unpaired) electrons. The number of imidazole rings is 1. The van der Waals surface area contributed by atoms with Gasteiger partial charge in [-0.05, 0) is 31.2 Å². The van der Waals surface area contributed by atoms with Crippen LogP contribution in [0.25, 0.3) is 11.0 Å². The van der Waals surface area contributed by atoms with E-state index >= 15 is 0 Å². The Hall–Kier alpha value is -3.72. The van der Waals surface area contributed by atoms with Crippen molar-refractivity contribution in [2.24, 2.45) is 0 Å². The van der Waals surface area contributed by atoms with Gasteiger partial charge in [0, 0.05) is 12.1 Å². The molecule has 4 aromatic rings. The average Bonchev–Trinajstić information content (AvgIpc) is 3.24. The van der Waals surface area contributed by atoms with Crippen LogP contribution in [0.15, 0.2) is 65.6 Å². The normalized spacial score (nSPS) is 11.4. The quantitative estimate of drug-likeness (QED) is 0.415. The molecule has 0 aliphatic carbocycles. The number of nitrogens with one attached hydrogen (secondary N) is 1. The van der Waals surface area contributed by atoms with E-state index < -0.39 is 10.0 Å². The van der Waals surface area contributed by atoms with Crippen LogP contribution in [0.3, 0.4) is 0 Å². The molecule has 8 nitrogen and oxygen atoms in total. The summed E-state index contributed by atoms with van der Waals surface area (Å²) in [5.41, 5.74) is 2.89. The second kappa shape index (κ2) is 9.03. The Morgan fingerprint density at radius 1 is 0.909 bits per heavy atom. The van der Waals surface area contributed by atoms with E-state index in [0.717, 1.165) is 16.6 Å². The van der Waals surface area contributed by atoms with Crippen LogP contribution >= 0.6 is 0 Å². The van der Waals surface area contributed by atoms with Crippen molar-refractivity contribution < 1.29 is 22.6 Å². The Kier molecular flexibility index (Phi) is 6.15. The minimum absolute atomic E-state index is 0.0243. The van der Waals surface area contributed by atoms with Crippen molar-refractivity contribution >= 4 is 26.7 Å². The zero-order valence-corrected chi connectivity index (χ0v) is 19.6. The first-order valence-electron chi connectivity index (χ1n) is 10.2. The highest BCUT2D eigenvalue weighted by atomic mass is 32.2. The number of hydrogen-bond donors (Lipinski definition) is 1. The molecule has 0 aliphatic rings. The number of methoxy groups -OCH3 is 3. The Labute approximate surface area is 192 Å². The maximum absolute atomic E-state index is 13.8. The molecule has 0 fully saturated rings. The Bertz CT molecular complexity index is 1320. The summed E-state index contributed by atoms with van der Waals surface area (Å²) in [5.74, 6) is 1.57. The van der Waals surface area contributed by atoms with Crippen LogP contribution in [0.4, 0.5) is 5.69 Å². The molecule has 4 rings (SSSR count). The maximum atomic E-state index is 13.8. The lowest BCUT2D eigenvalue weighted by Crippen LogP contribution is -2.31. The third kappa shape index (κ3) is 4.31. The number of rotatable bonds is 8. The lowest BCUT2D eigenvalue weighted by atomic mass is 10.2. The second-order valence-corrected chi connectivity index (χ2v) is 9.27. The van der Waals surface area contributed by atoms with Crippen LogP contribution in [-0.2, 0) is 16.6 Å². The van der Waals surface area contributed by atoms with Crippen LogP contribution in [0.1, 0.15) is 11.4 Å². The number of benzene rings is 3. The summed E-state index contributed by atoms with van der Waals surface area (Å²) in [7, 11) is 0.511. The lowest BCUT2D eigenvalue weighted by molar-refractivity contribution is 0.324. The number of sulfonamides is 1. The molecule has 3 aromatic carbocycles. The number of ether oxygens (including phenoxy) is 3. The van der Waals surface area contributed by atoms with Gasteiger partial charge in [-0.1, -0.05) is 29.8 Å². The molecule has 0 bridgehead atoms. The molecule has 0 aliphatic heterocycles. The minimum Gasteiger partial charge on any atom is -0.493 e. The van der Waals surface area contributed by atoms with Gasteiger partial charge in [-0.15, -0.1) is 0 Å². The molecule has 0 spiro atoms. The number of hydrogen-bond acceptors (Lipinski definition) is 6. The highest BCUT2D eigenvalue weighted by molar-refractivity contribution is 7.92. The Morgan fingerprint density at radius 3 is 2.12 bits per heavy atom. The van der Waals surface area contributed by atoms with Crippen LogP contribution in [0.2, 0.25) is 0 Å². The van der Waals surface area contributed by atoms with Gasteiger partial charge < -0.3 is 19.2 Å². The number of H-pyrrole nitrogens is 1. The number of aromatic amines is 1. The minimum atomic E-state index is -3.95. The van der Waals surface area contributed by atoms with Crippen molar-refractivity contribution in [3.05, 3.63) is 72.1 Å². The van der Waals surface area contributed by atoms with Gasteiger partial charge in [0.1, 0.15) is 5.82 Å². The van der Waals surface area contributed by atoms with Crippen LogP contribution < -0.4 is 18.5 Å². The Balaban J connectivity index is 1.88. The average molecular weight is 468 g/mol. The summed E-state index contributed by atoms with van der Waals surface area (Å²) < 4.78 is 45.2. The zero-order chi connectivity index (χ0) is 23.6. The molecule has 1 aromatic heterocycles. The van der Waals surface area contributed by atoms with E-state index in [-0.39, 0.29) is 11.4 Å². The van der Waals surface area contributed by atoms with Gasteiger partial charge in [-0.2, -0.15) is 0 Å². The first kappa shape index (κ1) is 22.5. The van der Waals surface area contributed by atoms with E-state index in [2.05, 4.69) is 9.97 Å². The standard InChI is InChI=1S/C24H25N3O5S/c1-16-9-11-18(12-10-16)33(28,29)27(15-23-25-19-7-5-6-8-20(19)26-23)17-13-21(30-2)24(32-4)22(14-17)31-3/h5-14H,15H2,1-4H3,(H,25,26). The van der Waals surface area contributed by atoms with Gasteiger partial charge >= 0.3 is 0 Å². The van der Waals surface area contributed by atoms with Crippen molar-refractivity contribution in [3.63, 3.8) is 0 Å². The van der Waals surface area contributed by atoms with Crippen molar-refractivity contribution in [2.45, 2.75) is 18.4 Å². The molecule has 0 saturated heterocycles. The third-order valence-corrected chi connectivity index (χ3v) is 7.07. The third-order valence-electron chi connectivity index (χ3n) is 5.28. The van der Waals surface area contributed by atoms with Crippen molar-refractivity contribution in [3.8, 4) is 17.2 Å². The van der Waals surface area contributed by atoms with E-state index in [1.54, 1.807) is 36.4 Å². The van der Waals surface area contributed by atoms with Crippen LogP contribution in [0, 0.1) is 6.92 Å². The van der Waals surface area contributed by atoms with Crippen LogP contribution in [0.5, 0.6) is 17.2 Å². The molecule has 0 amide bonds. The number of aromatic nitrogens is 2. The van der Waals surface area contributed by atoms with E-state index in [1.165, 1.54) is 25.6 Å². The van der Waals surface area contributed by atoms with Gasteiger partial charge in [0.25, 0.3) is 10.0 Å². The van der Waals surface area contributed by atoms with Gasteiger partial charge in [0.2, 0.25) is 5.75 Å². The summed E-state index contributed by atoms with van der Waals surface area (Å²) in [6, 6.07) is 17.5. The number of aryl methyl sites for hydroxylation is 1. The molecule has 33 heavy (non-hydrogen) atoms. The molecular formula is C24H25N3O5S. The SMILES string of the molecule is COc1cc(N(Cc2nc3ccccc3[nH]2)S(=O)(=O)c2ccc(C)cc2)cc(OC)c1OC. The highest BCUT2D eigenvalue weighted by Crippen LogP contribution is 2.42. The van der Waals surface area contributed by atoms with E-state index in [0.29, 0.717) is 28.8 Å². The summed E-state index contributed by atoms with van der Waals surface area (Å²) in [4.78, 5) is 7.94. The monoisotopic (exact) mass is 467 g/mol. The molecule has 172 valence electrons. The van der Waals surface area contributed by atoms with Gasteiger partial charge in [-0.25, -0.2) is 13.4 Å². The molecule has 9 heteroatoms. The number of anilines is 1. The summed E-state index contributed by atoms with van der Waals surface area (Å²) in [6.07, 6.45) is 0. The largest absolute Gasteiger partial charge is 0.493 e. The number of para-hydroxylation sites is 2. The topological polar surface area (TPSA) is 93.8 Å². The predicted octanol–water partition coefficient (Wildman–Crippen LogP) is 4.29. The number of fused-ring (bicyclic) bond motifs is 1. The smallest absolute Gasteiger partial charge is 0.264 e. The number of nitrogens with zero attached hydrogens (tertiary/aromatic N) is 2. The molecule has 1 N–H and O–H groups in total. The first-order chi connectivity index (χ1) is 15.9. The summed E-state index contributed by atoms with van der Waals surface area (Å²) in [5, 5.41) is 0. The molecule has 0 saturated carbocycles. The molecular weight excluding hydrogens is 442 g/mol. The summed E-state index contributed by atoms with van der Waals surface area (Å²) >= 11 is 0. The fourth-order valence-electron chi connectivity index (χ4n) is 3.58. The predicted molar refractivity (Wildman–Crippen MR) is 127 cm³/mol.